The molecule has 1 aliphatic carbocycles. The first-order chi connectivity index (χ1) is 7.35. The molecule has 0 radical (unpaired) electrons. The molecule has 0 aromatic carbocycles. The smallest absolute Gasteiger partial charge is 0.326 e. The Bertz CT molecular complexity index is 290. The van der Waals surface area contributed by atoms with Crippen molar-refractivity contribution < 1.29 is 23.5 Å². The molecule has 6 heteroatoms. The third-order valence-electron chi connectivity index (χ3n) is 3.02. The molecule has 0 aromatic rings. The van der Waals surface area contributed by atoms with E-state index < -0.39 is 36.2 Å². The van der Waals surface area contributed by atoms with Crippen LogP contribution in [0.2, 0.25) is 0 Å². The van der Waals surface area contributed by atoms with E-state index in [-0.39, 0.29) is 0 Å². The Hall–Kier alpha value is -1.20. The van der Waals surface area contributed by atoms with Gasteiger partial charge in [-0.05, 0) is 12.8 Å². The highest BCUT2D eigenvalue weighted by molar-refractivity contribution is 5.87. The van der Waals surface area contributed by atoms with E-state index >= 15 is 0 Å². The van der Waals surface area contributed by atoms with Gasteiger partial charge in [0.25, 0.3) is 0 Å². The Morgan fingerprint density at radius 1 is 1.44 bits per heavy atom. The molecule has 0 heterocycles. The maximum Gasteiger partial charge on any atom is 0.326 e. The van der Waals surface area contributed by atoms with Gasteiger partial charge in [0, 0.05) is 11.8 Å². The summed E-state index contributed by atoms with van der Waals surface area (Å²) in [4.78, 5) is 22.3. The number of carboxylic acids is 1. The molecule has 0 aromatic heterocycles. The molecule has 0 bridgehead atoms. The fourth-order valence-corrected chi connectivity index (χ4v) is 1.67. The molecule has 2 N–H and O–H groups in total. The van der Waals surface area contributed by atoms with Gasteiger partial charge in [0.05, 0.1) is 0 Å². The van der Waals surface area contributed by atoms with Gasteiger partial charge in [0.2, 0.25) is 12.3 Å². The van der Waals surface area contributed by atoms with E-state index in [4.69, 9.17) is 5.11 Å². The van der Waals surface area contributed by atoms with Crippen LogP contribution in [0.5, 0.6) is 0 Å². The maximum atomic E-state index is 12.1. The molecule has 1 rings (SSSR count). The van der Waals surface area contributed by atoms with Gasteiger partial charge in [-0.15, -0.1) is 0 Å². The number of hydrogen-bond acceptors (Lipinski definition) is 2. The molecule has 0 aliphatic heterocycles. The van der Waals surface area contributed by atoms with E-state index in [0.717, 1.165) is 6.42 Å². The number of rotatable bonds is 5. The van der Waals surface area contributed by atoms with Gasteiger partial charge in [0.15, 0.2) is 0 Å². The summed E-state index contributed by atoms with van der Waals surface area (Å²) in [5.41, 5.74) is -0.574. The van der Waals surface area contributed by atoms with Crippen molar-refractivity contribution in [1.29, 1.82) is 0 Å². The second-order valence-electron chi connectivity index (χ2n) is 4.41. The fraction of sp³-hybridized carbons (Fsp3) is 0.800. The van der Waals surface area contributed by atoms with Gasteiger partial charge in [-0.3, -0.25) is 4.79 Å². The largest absolute Gasteiger partial charge is 0.480 e. The lowest BCUT2D eigenvalue weighted by molar-refractivity contribution is -0.146. The van der Waals surface area contributed by atoms with Crippen LogP contribution in [0.3, 0.4) is 0 Å². The molecule has 1 unspecified atom stereocenters. The summed E-state index contributed by atoms with van der Waals surface area (Å²) < 4.78 is 24.1. The Kier molecular flexibility index (Phi) is 3.83. The van der Waals surface area contributed by atoms with Gasteiger partial charge >= 0.3 is 5.97 Å². The molecule has 16 heavy (non-hydrogen) atoms. The van der Waals surface area contributed by atoms with Crippen molar-refractivity contribution >= 4 is 11.9 Å². The zero-order valence-electron chi connectivity index (χ0n) is 9.00. The van der Waals surface area contributed by atoms with Crippen LogP contribution in [0.1, 0.15) is 32.6 Å². The molecule has 0 saturated heterocycles. The average Bonchev–Trinajstić information content (AvgIpc) is 2.11. The molecule has 0 spiro atoms. The first kappa shape index (κ1) is 12.9. The predicted octanol–water partition coefficient (Wildman–Crippen LogP) is 1.40. The van der Waals surface area contributed by atoms with Crippen molar-refractivity contribution in [2.45, 2.75) is 45.1 Å². The number of nitrogens with one attached hydrogen (secondary N) is 1. The number of carbonyl (C=O) groups excluding carboxylic acids is 1. The number of carbonyl (C=O) groups is 2. The van der Waals surface area contributed by atoms with E-state index in [1.165, 1.54) is 0 Å². The van der Waals surface area contributed by atoms with Crippen LogP contribution in [0.15, 0.2) is 0 Å². The molecule has 4 nitrogen and oxygen atoms in total. The first-order valence-corrected chi connectivity index (χ1v) is 5.17. The van der Waals surface area contributed by atoms with Crippen LogP contribution < -0.4 is 5.32 Å². The molecular weight excluding hydrogens is 220 g/mol. The third kappa shape index (κ3) is 2.90. The minimum atomic E-state index is -2.74. The Balaban J connectivity index is 2.54. The van der Waals surface area contributed by atoms with Crippen LogP contribution in [0, 0.1) is 5.41 Å². The van der Waals surface area contributed by atoms with E-state index in [1.807, 2.05) is 0 Å². The van der Waals surface area contributed by atoms with Crippen LogP contribution in [-0.2, 0) is 9.59 Å². The molecule has 1 fully saturated rings. The summed E-state index contributed by atoms with van der Waals surface area (Å²) in [5.74, 6) is -1.86. The minimum Gasteiger partial charge on any atom is -0.480 e. The highest BCUT2D eigenvalue weighted by Crippen LogP contribution is 2.40. The second kappa shape index (κ2) is 4.76. The Labute approximate surface area is 92.0 Å². The van der Waals surface area contributed by atoms with Crippen LogP contribution in [0.4, 0.5) is 8.78 Å². The summed E-state index contributed by atoms with van der Waals surface area (Å²) in [6, 6.07) is -1.50. The van der Waals surface area contributed by atoms with Crippen molar-refractivity contribution in [2.24, 2.45) is 5.41 Å². The Morgan fingerprint density at radius 2 is 2.00 bits per heavy atom. The zero-order chi connectivity index (χ0) is 12.3. The standard InChI is InChI=1S/C10H15F2NO3/c1-10(3-2-4-10)9(16)13-6(8(14)15)5-7(11)12/h6-7H,2-5H2,1H3,(H,13,16)(H,14,15). The lowest BCUT2D eigenvalue weighted by Crippen LogP contribution is -2.50. The quantitative estimate of drug-likeness (QED) is 0.757. The summed E-state index contributed by atoms with van der Waals surface area (Å²) >= 11 is 0. The molecular formula is C10H15F2NO3. The van der Waals surface area contributed by atoms with Crippen molar-refractivity contribution in [3.8, 4) is 0 Å². The van der Waals surface area contributed by atoms with Gasteiger partial charge < -0.3 is 10.4 Å². The molecule has 92 valence electrons. The van der Waals surface area contributed by atoms with Crippen molar-refractivity contribution in [3.63, 3.8) is 0 Å². The van der Waals surface area contributed by atoms with Crippen LogP contribution in [0.25, 0.3) is 0 Å². The Morgan fingerprint density at radius 3 is 2.31 bits per heavy atom. The zero-order valence-corrected chi connectivity index (χ0v) is 9.00. The lowest BCUT2D eigenvalue weighted by atomic mass is 9.69. The minimum absolute atomic E-state index is 0.438. The SMILES string of the molecule is CC1(C(=O)NC(CC(F)F)C(=O)O)CCC1. The van der Waals surface area contributed by atoms with Crippen LogP contribution in [-0.4, -0.2) is 29.5 Å². The molecule has 1 saturated carbocycles. The highest BCUT2D eigenvalue weighted by Gasteiger charge is 2.41. The van der Waals surface area contributed by atoms with E-state index in [9.17, 15) is 18.4 Å². The topological polar surface area (TPSA) is 66.4 Å². The normalized spacial score (nSPS) is 20.0. The molecule has 1 amide bonds. The third-order valence-corrected chi connectivity index (χ3v) is 3.02. The van der Waals surface area contributed by atoms with E-state index in [2.05, 4.69) is 5.32 Å². The summed E-state index contributed by atoms with van der Waals surface area (Å²) in [7, 11) is 0. The van der Waals surface area contributed by atoms with E-state index in [0.29, 0.717) is 12.8 Å². The molecule has 1 atom stereocenters. The number of halogens is 2. The summed E-state index contributed by atoms with van der Waals surface area (Å²) in [5, 5.41) is 10.9. The van der Waals surface area contributed by atoms with Gasteiger partial charge in [0.1, 0.15) is 6.04 Å². The fourth-order valence-electron chi connectivity index (χ4n) is 1.67. The second-order valence-corrected chi connectivity index (χ2v) is 4.41. The predicted molar refractivity (Wildman–Crippen MR) is 52.1 cm³/mol. The lowest BCUT2D eigenvalue weighted by Gasteiger charge is -2.37. The van der Waals surface area contributed by atoms with Crippen molar-refractivity contribution in [3.05, 3.63) is 0 Å². The van der Waals surface area contributed by atoms with E-state index in [1.54, 1.807) is 6.92 Å². The highest BCUT2D eigenvalue weighted by atomic mass is 19.3. The first-order valence-electron chi connectivity index (χ1n) is 5.17. The van der Waals surface area contributed by atoms with Crippen molar-refractivity contribution in [2.75, 3.05) is 0 Å². The number of hydrogen-bond donors (Lipinski definition) is 2. The monoisotopic (exact) mass is 235 g/mol. The number of amides is 1. The number of alkyl halides is 2. The number of aliphatic carboxylic acids is 1. The van der Waals surface area contributed by atoms with Gasteiger partial charge in [-0.1, -0.05) is 13.3 Å². The van der Waals surface area contributed by atoms with Gasteiger partial charge in [-0.2, -0.15) is 0 Å². The van der Waals surface area contributed by atoms with Crippen molar-refractivity contribution in [1.82, 2.24) is 5.32 Å². The number of carboxylic acid groups (broad SMARTS) is 1. The average molecular weight is 235 g/mol. The van der Waals surface area contributed by atoms with Gasteiger partial charge in [-0.25, -0.2) is 13.6 Å². The summed E-state index contributed by atoms with van der Waals surface area (Å²) in [6.07, 6.45) is -1.32. The molecule has 1 aliphatic rings. The van der Waals surface area contributed by atoms with Crippen LogP contribution >= 0.6 is 0 Å². The maximum absolute atomic E-state index is 12.1. The summed E-state index contributed by atoms with van der Waals surface area (Å²) in [6.45, 7) is 1.72.